The van der Waals surface area contributed by atoms with Crippen LogP contribution in [0.4, 0.5) is 4.79 Å². The van der Waals surface area contributed by atoms with Gasteiger partial charge in [-0.3, -0.25) is 4.79 Å². The number of carbonyl (C=O) groups is 2. The predicted molar refractivity (Wildman–Crippen MR) is 75.7 cm³/mol. The summed E-state index contributed by atoms with van der Waals surface area (Å²) in [6, 6.07) is 7.68. The van der Waals surface area contributed by atoms with Crippen molar-refractivity contribution in [2.45, 2.75) is 12.8 Å². The Labute approximate surface area is 116 Å². The van der Waals surface area contributed by atoms with Gasteiger partial charge < -0.3 is 20.7 Å². The number of benzene rings is 1. The zero-order chi connectivity index (χ0) is 14.4. The number of urea groups is 1. The van der Waals surface area contributed by atoms with Gasteiger partial charge in [-0.05, 0) is 24.1 Å². The third-order valence-corrected chi connectivity index (χ3v) is 2.99. The summed E-state index contributed by atoms with van der Waals surface area (Å²) in [5.74, 6) is -0.926. The Bertz CT molecular complexity index is 606. The molecule has 0 bridgehead atoms. The van der Waals surface area contributed by atoms with Crippen LogP contribution in [0.15, 0.2) is 30.5 Å². The van der Waals surface area contributed by atoms with Crippen molar-refractivity contribution in [3.8, 4) is 0 Å². The second-order valence-electron chi connectivity index (χ2n) is 4.43. The summed E-state index contributed by atoms with van der Waals surface area (Å²) in [6.07, 6.45) is 2.54. The summed E-state index contributed by atoms with van der Waals surface area (Å²) < 4.78 is 0. The highest BCUT2D eigenvalue weighted by atomic mass is 16.4. The lowest BCUT2D eigenvalue weighted by Gasteiger charge is -2.07. The molecule has 0 aliphatic rings. The molecule has 2 rings (SSSR count). The van der Waals surface area contributed by atoms with Crippen molar-refractivity contribution < 1.29 is 14.7 Å². The van der Waals surface area contributed by atoms with E-state index in [2.05, 4.69) is 15.6 Å². The van der Waals surface area contributed by atoms with Crippen LogP contribution in [0.1, 0.15) is 12.0 Å². The van der Waals surface area contributed by atoms with Crippen LogP contribution >= 0.6 is 0 Å². The van der Waals surface area contributed by atoms with E-state index in [0.29, 0.717) is 6.54 Å². The first-order valence-electron chi connectivity index (χ1n) is 6.45. The van der Waals surface area contributed by atoms with Crippen molar-refractivity contribution in [1.29, 1.82) is 0 Å². The third kappa shape index (κ3) is 3.74. The van der Waals surface area contributed by atoms with E-state index in [-0.39, 0.29) is 19.0 Å². The van der Waals surface area contributed by atoms with E-state index in [9.17, 15) is 9.59 Å². The average molecular weight is 275 g/mol. The minimum absolute atomic E-state index is 0.0733. The molecular formula is C14H17N3O3. The van der Waals surface area contributed by atoms with Gasteiger partial charge >= 0.3 is 12.0 Å². The SMILES string of the molecule is O=C(O)CCNC(=O)NCCc1cccc2[nH]ccc12. The van der Waals surface area contributed by atoms with Crippen LogP contribution in [0.2, 0.25) is 0 Å². The van der Waals surface area contributed by atoms with Crippen molar-refractivity contribution in [2.75, 3.05) is 13.1 Å². The molecule has 2 aromatic rings. The smallest absolute Gasteiger partial charge is 0.314 e. The molecule has 1 heterocycles. The molecule has 20 heavy (non-hydrogen) atoms. The number of hydrogen-bond donors (Lipinski definition) is 4. The van der Waals surface area contributed by atoms with Gasteiger partial charge in [-0.1, -0.05) is 12.1 Å². The Morgan fingerprint density at radius 1 is 1.15 bits per heavy atom. The molecule has 0 aliphatic carbocycles. The minimum Gasteiger partial charge on any atom is -0.481 e. The highest BCUT2D eigenvalue weighted by Gasteiger charge is 2.04. The van der Waals surface area contributed by atoms with Crippen LogP contribution in [-0.4, -0.2) is 35.2 Å². The Morgan fingerprint density at radius 2 is 1.95 bits per heavy atom. The van der Waals surface area contributed by atoms with Crippen LogP contribution in [0.25, 0.3) is 10.9 Å². The van der Waals surface area contributed by atoms with Crippen LogP contribution in [-0.2, 0) is 11.2 Å². The number of aliphatic carboxylic acids is 1. The molecule has 0 fully saturated rings. The Balaban J connectivity index is 1.77. The number of amides is 2. The molecule has 1 aromatic heterocycles. The molecule has 6 heteroatoms. The highest BCUT2D eigenvalue weighted by Crippen LogP contribution is 2.17. The first-order chi connectivity index (χ1) is 9.66. The topological polar surface area (TPSA) is 94.2 Å². The van der Waals surface area contributed by atoms with Crippen molar-refractivity contribution in [3.63, 3.8) is 0 Å². The van der Waals surface area contributed by atoms with Gasteiger partial charge in [0, 0.05) is 30.2 Å². The molecule has 2 amide bonds. The Kier molecular flexibility index (Phi) is 4.60. The number of aromatic nitrogens is 1. The van der Waals surface area contributed by atoms with Crippen molar-refractivity contribution in [2.24, 2.45) is 0 Å². The maximum Gasteiger partial charge on any atom is 0.314 e. The zero-order valence-electron chi connectivity index (χ0n) is 11.0. The van der Waals surface area contributed by atoms with Gasteiger partial charge in [-0.25, -0.2) is 4.79 Å². The van der Waals surface area contributed by atoms with Gasteiger partial charge in [0.25, 0.3) is 0 Å². The van der Waals surface area contributed by atoms with Gasteiger partial charge in [0.2, 0.25) is 0 Å². The van der Waals surface area contributed by atoms with E-state index in [4.69, 9.17) is 5.11 Å². The van der Waals surface area contributed by atoms with E-state index in [0.717, 1.165) is 22.9 Å². The maximum absolute atomic E-state index is 11.4. The number of carboxylic acids is 1. The maximum atomic E-state index is 11.4. The fraction of sp³-hybridized carbons (Fsp3) is 0.286. The number of fused-ring (bicyclic) bond motifs is 1. The molecule has 1 aromatic carbocycles. The quantitative estimate of drug-likeness (QED) is 0.643. The third-order valence-electron chi connectivity index (χ3n) is 2.99. The molecule has 0 saturated carbocycles. The zero-order valence-corrected chi connectivity index (χ0v) is 11.0. The lowest BCUT2D eigenvalue weighted by Crippen LogP contribution is -2.37. The summed E-state index contributed by atoms with van der Waals surface area (Å²) in [5, 5.41) is 14.8. The second kappa shape index (κ2) is 6.60. The molecular weight excluding hydrogens is 258 g/mol. The number of nitrogens with one attached hydrogen (secondary N) is 3. The lowest BCUT2D eigenvalue weighted by molar-refractivity contribution is -0.136. The lowest BCUT2D eigenvalue weighted by atomic mass is 10.1. The first-order valence-corrected chi connectivity index (χ1v) is 6.45. The fourth-order valence-corrected chi connectivity index (χ4v) is 2.02. The van der Waals surface area contributed by atoms with E-state index in [1.165, 1.54) is 0 Å². The van der Waals surface area contributed by atoms with Crippen molar-refractivity contribution in [1.82, 2.24) is 15.6 Å². The molecule has 0 aliphatic heterocycles. The second-order valence-corrected chi connectivity index (χ2v) is 4.43. The molecule has 4 N–H and O–H groups in total. The normalized spacial score (nSPS) is 10.4. The van der Waals surface area contributed by atoms with E-state index < -0.39 is 5.97 Å². The van der Waals surface area contributed by atoms with Crippen molar-refractivity contribution >= 4 is 22.9 Å². The highest BCUT2D eigenvalue weighted by molar-refractivity contribution is 5.83. The van der Waals surface area contributed by atoms with E-state index >= 15 is 0 Å². The Hall–Kier alpha value is -2.50. The monoisotopic (exact) mass is 275 g/mol. The van der Waals surface area contributed by atoms with Crippen molar-refractivity contribution in [3.05, 3.63) is 36.0 Å². The molecule has 0 atom stereocenters. The largest absolute Gasteiger partial charge is 0.481 e. The van der Waals surface area contributed by atoms with Crippen LogP contribution < -0.4 is 10.6 Å². The van der Waals surface area contributed by atoms with Crippen LogP contribution in [0, 0.1) is 0 Å². The number of carbonyl (C=O) groups excluding carboxylic acids is 1. The van der Waals surface area contributed by atoms with E-state index in [1.54, 1.807) is 0 Å². The summed E-state index contributed by atoms with van der Waals surface area (Å²) in [5.41, 5.74) is 2.24. The number of carboxylic acid groups (broad SMARTS) is 1. The number of hydrogen-bond acceptors (Lipinski definition) is 2. The van der Waals surface area contributed by atoms with Crippen LogP contribution in [0.3, 0.4) is 0 Å². The van der Waals surface area contributed by atoms with Gasteiger partial charge in [0.05, 0.1) is 6.42 Å². The summed E-state index contributed by atoms with van der Waals surface area (Å²) in [6.45, 7) is 0.637. The minimum atomic E-state index is -0.926. The summed E-state index contributed by atoms with van der Waals surface area (Å²) in [7, 11) is 0. The molecule has 106 valence electrons. The molecule has 0 saturated heterocycles. The predicted octanol–water partition coefficient (Wildman–Crippen LogP) is 1.48. The summed E-state index contributed by atoms with van der Waals surface area (Å²) >= 11 is 0. The van der Waals surface area contributed by atoms with Crippen LogP contribution in [0.5, 0.6) is 0 Å². The van der Waals surface area contributed by atoms with E-state index in [1.807, 2.05) is 30.5 Å². The summed E-state index contributed by atoms with van der Waals surface area (Å²) in [4.78, 5) is 24.9. The number of rotatable bonds is 6. The van der Waals surface area contributed by atoms with Gasteiger partial charge in [0.15, 0.2) is 0 Å². The average Bonchev–Trinajstić information content (AvgIpc) is 2.87. The fourth-order valence-electron chi connectivity index (χ4n) is 2.02. The van der Waals surface area contributed by atoms with Gasteiger partial charge in [-0.15, -0.1) is 0 Å². The number of H-pyrrole nitrogens is 1. The standard InChI is InChI=1S/C14H17N3O3/c18-13(19)6-9-17-14(20)16-7-4-10-2-1-3-12-11(10)5-8-15-12/h1-3,5,8,15H,4,6-7,9H2,(H,18,19)(H2,16,17,20). The molecule has 0 spiro atoms. The molecule has 6 nitrogen and oxygen atoms in total. The number of aromatic amines is 1. The Morgan fingerprint density at radius 3 is 2.75 bits per heavy atom. The molecule has 0 unspecified atom stereocenters. The van der Waals surface area contributed by atoms with Gasteiger partial charge in [0.1, 0.15) is 0 Å². The molecule has 0 radical (unpaired) electrons. The first kappa shape index (κ1) is 13.9. The van der Waals surface area contributed by atoms with Gasteiger partial charge in [-0.2, -0.15) is 0 Å².